The SMILES string of the molecule is COc1ccccc1C(=O)Nc1ccc(CC(=O)Cc2cccc(C)c2)cc1C(F)(F)F. The van der Waals surface area contributed by atoms with Crippen molar-refractivity contribution in [1.82, 2.24) is 0 Å². The van der Waals surface area contributed by atoms with Crippen molar-refractivity contribution < 1.29 is 27.5 Å². The molecule has 0 aliphatic heterocycles. The summed E-state index contributed by atoms with van der Waals surface area (Å²) in [5, 5.41) is 2.31. The highest BCUT2D eigenvalue weighted by Gasteiger charge is 2.34. The van der Waals surface area contributed by atoms with Crippen molar-refractivity contribution in [3.05, 3.63) is 94.5 Å². The van der Waals surface area contributed by atoms with E-state index in [4.69, 9.17) is 4.74 Å². The van der Waals surface area contributed by atoms with Gasteiger partial charge in [-0.15, -0.1) is 0 Å². The van der Waals surface area contributed by atoms with Crippen LogP contribution in [0.15, 0.2) is 66.7 Å². The van der Waals surface area contributed by atoms with E-state index in [0.29, 0.717) is 0 Å². The van der Waals surface area contributed by atoms with Gasteiger partial charge in [0.05, 0.1) is 23.9 Å². The number of aryl methyl sites for hydroxylation is 1. The summed E-state index contributed by atoms with van der Waals surface area (Å²) in [4.78, 5) is 25.0. The van der Waals surface area contributed by atoms with Gasteiger partial charge in [0.15, 0.2) is 0 Å². The van der Waals surface area contributed by atoms with E-state index in [1.165, 1.54) is 25.3 Å². The minimum absolute atomic E-state index is 0.112. The van der Waals surface area contributed by atoms with E-state index in [-0.39, 0.29) is 41.2 Å². The van der Waals surface area contributed by atoms with Crippen LogP contribution in [0.2, 0.25) is 0 Å². The molecule has 0 spiro atoms. The van der Waals surface area contributed by atoms with E-state index in [9.17, 15) is 22.8 Å². The van der Waals surface area contributed by atoms with Crippen LogP contribution in [0.1, 0.15) is 32.6 Å². The van der Waals surface area contributed by atoms with Gasteiger partial charge in [0.1, 0.15) is 11.5 Å². The number of rotatable bonds is 7. The van der Waals surface area contributed by atoms with Gasteiger partial charge in [-0.2, -0.15) is 13.2 Å². The number of halogens is 3. The predicted molar refractivity (Wildman–Crippen MR) is 116 cm³/mol. The van der Waals surface area contributed by atoms with Gasteiger partial charge in [-0.05, 0) is 42.3 Å². The lowest BCUT2D eigenvalue weighted by Crippen LogP contribution is -2.18. The molecule has 0 bridgehead atoms. The van der Waals surface area contributed by atoms with Crippen molar-refractivity contribution >= 4 is 17.4 Å². The van der Waals surface area contributed by atoms with Gasteiger partial charge in [0.2, 0.25) is 0 Å². The number of para-hydroxylation sites is 1. The molecule has 0 radical (unpaired) electrons. The number of hydrogen-bond donors (Lipinski definition) is 1. The maximum absolute atomic E-state index is 13.7. The Bertz CT molecular complexity index is 1140. The number of anilines is 1. The van der Waals surface area contributed by atoms with Gasteiger partial charge < -0.3 is 10.1 Å². The van der Waals surface area contributed by atoms with Gasteiger partial charge >= 0.3 is 6.18 Å². The third-order valence-electron chi connectivity index (χ3n) is 4.87. The van der Waals surface area contributed by atoms with Crippen molar-refractivity contribution in [3.63, 3.8) is 0 Å². The number of nitrogens with one attached hydrogen (secondary N) is 1. The molecule has 3 aromatic carbocycles. The number of alkyl halides is 3. The zero-order chi connectivity index (χ0) is 23.3. The molecular formula is C25H22F3NO3. The van der Waals surface area contributed by atoms with Gasteiger partial charge in [0.25, 0.3) is 5.91 Å². The van der Waals surface area contributed by atoms with Crippen LogP contribution in [0.5, 0.6) is 5.75 Å². The summed E-state index contributed by atoms with van der Waals surface area (Å²) < 4.78 is 46.2. The number of amides is 1. The lowest BCUT2D eigenvalue weighted by molar-refractivity contribution is -0.137. The van der Waals surface area contributed by atoms with E-state index in [0.717, 1.165) is 17.2 Å². The highest BCUT2D eigenvalue weighted by Crippen LogP contribution is 2.36. The number of carbonyl (C=O) groups is 2. The molecule has 4 nitrogen and oxygen atoms in total. The topological polar surface area (TPSA) is 55.4 Å². The number of carbonyl (C=O) groups excluding carboxylic acids is 2. The average molecular weight is 441 g/mol. The minimum Gasteiger partial charge on any atom is -0.496 e. The fourth-order valence-electron chi connectivity index (χ4n) is 3.41. The first-order chi connectivity index (χ1) is 15.2. The minimum atomic E-state index is -4.71. The summed E-state index contributed by atoms with van der Waals surface area (Å²) in [6.45, 7) is 1.90. The first-order valence-electron chi connectivity index (χ1n) is 9.89. The van der Waals surface area contributed by atoms with Crippen LogP contribution in [-0.4, -0.2) is 18.8 Å². The Morgan fingerprint density at radius 1 is 0.906 bits per heavy atom. The molecule has 3 aromatic rings. The summed E-state index contributed by atoms with van der Waals surface area (Å²) in [7, 11) is 1.37. The lowest BCUT2D eigenvalue weighted by Gasteiger charge is -2.16. The summed E-state index contributed by atoms with van der Waals surface area (Å²) in [5.41, 5.74) is 0.757. The van der Waals surface area contributed by atoms with E-state index in [1.54, 1.807) is 18.2 Å². The Labute approximate surface area is 184 Å². The first kappa shape index (κ1) is 23.1. The van der Waals surface area contributed by atoms with Crippen molar-refractivity contribution in [2.75, 3.05) is 12.4 Å². The van der Waals surface area contributed by atoms with Crippen LogP contribution < -0.4 is 10.1 Å². The van der Waals surface area contributed by atoms with Crippen molar-refractivity contribution in [3.8, 4) is 5.75 Å². The van der Waals surface area contributed by atoms with E-state index in [1.807, 2.05) is 31.2 Å². The number of hydrogen-bond acceptors (Lipinski definition) is 3. The Kier molecular flexibility index (Phi) is 6.98. The maximum Gasteiger partial charge on any atom is 0.418 e. The average Bonchev–Trinajstić information content (AvgIpc) is 2.74. The van der Waals surface area contributed by atoms with E-state index in [2.05, 4.69) is 5.32 Å². The van der Waals surface area contributed by atoms with Crippen molar-refractivity contribution in [2.24, 2.45) is 0 Å². The molecule has 0 saturated heterocycles. The van der Waals surface area contributed by atoms with E-state index < -0.39 is 17.6 Å². The van der Waals surface area contributed by atoms with Crippen LogP contribution in [0.3, 0.4) is 0 Å². The molecule has 0 aliphatic carbocycles. The molecule has 0 atom stereocenters. The van der Waals surface area contributed by atoms with Gasteiger partial charge in [-0.25, -0.2) is 0 Å². The third-order valence-corrected chi connectivity index (χ3v) is 4.87. The second kappa shape index (κ2) is 9.68. The third kappa shape index (κ3) is 5.75. The van der Waals surface area contributed by atoms with E-state index >= 15 is 0 Å². The Morgan fingerprint density at radius 3 is 2.25 bits per heavy atom. The quantitative estimate of drug-likeness (QED) is 0.517. The number of benzene rings is 3. The summed E-state index contributed by atoms with van der Waals surface area (Å²) in [6.07, 6.45) is -4.72. The molecule has 0 aliphatic rings. The Hall–Kier alpha value is -3.61. The largest absolute Gasteiger partial charge is 0.496 e. The molecule has 0 saturated carbocycles. The second-order valence-corrected chi connectivity index (χ2v) is 7.41. The van der Waals surface area contributed by atoms with Crippen LogP contribution >= 0.6 is 0 Å². The normalized spacial score (nSPS) is 11.2. The first-order valence-corrected chi connectivity index (χ1v) is 9.89. The summed E-state index contributed by atoms with van der Waals surface area (Å²) >= 11 is 0. The van der Waals surface area contributed by atoms with Crippen LogP contribution in [0, 0.1) is 6.92 Å². The number of ketones is 1. The molecule has 166 valence electrons. The molecule has 7 heteroatoms. The van der Waals surface area contributed by atoms with Gasteiger partial charge in [0, 0.05) is 12.8 Å². The molecule has 1 N–H and O–H groups in total. The Balaban J connectivity index is 1.81. The molecule has 0 fully saturated rings. The highest BCUT2D eigenvalue weighted by molar-refractivity contribution is 6.06. The fourth-order valence-corrected chi connectivity index (χ4v) is 3.41. The van der Waals surface area contributed by atoms with Gasteiger partial charge in [-0.3, -0.25) is 9.59 Å². The zero-order valence-corrected chi connectivity index (χ0v) is 17.6. The second-order valence-electron chi connectivity index (χ2n) is 7.41. The summed E-state index contributed by atoms with van der Waals surface area (Å²) in [5.74, 6) is -0.678. The highest BCUT2D eigenvalue weighted by atomic mass is 19.4. The number of ether oxygens (including phenoxy) is 1. The van der Waals surface area contributed by atoms with Crippen LogP contribution in [0.4, 0.5) is 18.9 Å². The van der Waals surface area contributed by atoms with Gasteiger partial charge in [-0.1, -0.05) is 48.0 Å². The Morgan fingerprint density at radius 2 is 1.59 bits per heavy atom. The standard InChI is InChI=1S/C25H22F3NO3/c1-16-6-5-7-17(12-16)13-19(30)14-18-10-11-22(21(15-18)25(26,27)28)29-24(31)20-8-3-4-9-23(20)32-2/h3-12,15H,13-14H2,1-2H3,(H,29,31). The molecule has 32 heavy (non-hydrogen) atoms. The van der Waals surface area contributed by atoms with Crippen LogP contribution in [-0.2, 0) is 23.8 Å². The van der Waals surface area contributed by atoms with Crippen molar-refractivity contribution in [2.45, 2.75) is 25.9 Å². The van der Waals surface area contributed by atoms with Crippen LogP contribution in [0.25, 0.3) is 0 Å². The maximum atomic E-state index is 13.7. The summed E-state index contributed by atoms with van der Waals surface area (Å²) in [6, 6.07) is 17.2. The molecular weight excluding hydrogens is 419 g/mol. The lowest BCUT2D eigenvalue weighted by atomic mass is 9.99. The zero-order valence-electron chi connectivity index (χ0n) is 17.6. The smallest absolute Gasteiger partial charge is 0.418 e. The molecule has 0 aromatic heterocycles. The monoisotopic (exact) mass is 441 g/mol. The fraction of sp³-hybridized carbons (Fsp3) is 0.200. The molecule has 3 rings (SSSR count). The number of methoxy groups -OCH3 is 1. The number of Topliss-reactive ketones (excluding diaryl/α,β-unsaturated/α-hetero) is 1. The molecule has 0 unspecified atom stereocenters. The molecule has 1 amide bonds. The predicted octanol–water partition coefficient (Wildman–Crippen LogP) is 5.63. The molecule has 0 heterocycles. The van der Waals surface area contributed by atoms with Crippen molar-refractivity contribution in [1.29, 1.82) is 0 Å².